The Bertz CT molecular complexity index is 594. The van der Waals surface area contributed by atoms with E-state index in [9.17, 15) is 9.59 Å². The number of nitrogens with zero attached hydrogens (tertiary/aromatic N) is 2. The molecule has 1 aromatic carbocycles. The van der Waals surface area contributed by atoms with Crippen molar-refractivity contribution in [2.75, 3.05) is 38.7 Å². The molecule has 0 radical (unpaired) electrons. The maximum Gasteiger partial charge on any atom is 0.315 e. The maximum absolute atomic E-state index is 12.7. The van der Waals surface area contributed by atoms with Crippen LogP contribution in [-0.4, -0.2) is 50.6 Å². The molecule has 1 aliphatic heterocycles. The van der Waals surface area contributed by atoms with Crippen LogP contribution in [0.25, 0.3) is 0 Å². The zero-order valence-electron chi connectivity index (χ0n) is 14.7. The Balaban J connectivity index is 2.40. The molecule has 1 aromatic rings. The lowest BCUT2D eigenvalue weighted by Crippen LogP contribution is -2.44. The molecule has 0 N–H and O–H groups in total. The smallest absolute Gasteiger partial charge is 0.315 e. The highest BCUT2D eigenvalue weighted by Crippen LogP contribution is 2.38. The summed E-state index contributed by atoms with van der Waals surface area (Å²) in [5.41, 5.74) is 2.21. The van der Waals surface area contributed by atoms with Crippen LogP contribution in [0.3, 0.4) is 0 Å². The normalized spacial score (nSPS) is 21.1. The fraction of sp³-hybridized carbons (Fsp3) is 0.556. The van der Waals surface area contributed by atoms with Crippen LogP contribution in [0.4, 0.5) is 5.69 Å². The highest BCUT2D eigenvalue weighted by atomic mass is 16.5. The van der Waals surface area contributed by atoms with Crippen molar-refractivity contribution >= 4 is 17.6 Å². The van der Waals surface area contributed by atoms with Crippen molar-refractivity contribution < 1.29 is 14.3 Å². The predicted octanol–water partition coefficient (Wildman–Crippen LogP) is 2.15. The van der Waals surface area contributed by atoms with Crippen LogP contribution in [0.15, 0.2) is 18.2 Å². The molecule has 5 heteroatoms. The van der Waals surface area contributed by atoms with Crippen molar-refractivity contribution in [2.45, 2.75) is 27.2 Å². The summed E-state index contributed by atoms with van der Waals surface area (Å²) >= 11 is 0. The first-order valence-corrected chi connectivity index (χ1v) is 7.98. The molecule has 1 amide bonds. The van der Waals surface area contributed by atoms with Gasteiger partial charge < -0.3 is 14.5 Å². The second-order valence-electron chi connectivity index (χ2n) is 6.50. The number of para-hydroxylation sites is 1. The van der Waals surface area contributed by atoms with Crippen LogP contribution in [0.2, 0.25) is 0 Å². The number of carbonyl (C=O) groups is 2. The van der Waals surface area contributed by atoms with Gasteiger partial charge in [0.05, 0.1) is 7.11 Å². The van der Waals surface area contributed by atoms with E-state index in [1.807, 2.05) is 46.0 Å². The monoisotopic (exact) mass is 318 g/mol. The number of aryl methyl sites for hydroxylation is 2. The van der Waals surface area contributed by atoms with E-state index in [1.54, 1.807) is 4.90 Å². The molecule has 2 rings (SSSR count). The van der Waals surface area contributed by atoms with Crippen molar-refractivity contribution in [1.29, 1.82) is 0 Å². The molecule has 0 aromatic heterocycles. The van der Waals surface area contributed by atoms with Gasteiger partial charge in [0, 0.05) is 25.2 Å². The van der Waals surface area contributed by atoms with Gasteiger partial charge in [-0.25, -0.2) is 0 Å². The van der Waals surface area contributed by atoms with Gasteiger partial charge in [0.1, 0.15) is 5.41 Å². The van der Waals surface area contributed by atoms with Gasteiger partial charge >= 0.3 is 5.97 Å². The summed E-state index contributed by atoms with van der Waals surface area (Å²) in [7, 11) is 3.35. The van der Waals surface area contributed by atoms with Crippen molar-refractivity contribution in [3.05, 3.63) is 29.3 Å². The largest absolute Gasteiger partial charge is 0.468 e. The van der Waals surface area contributed by atoms with Gasteiger partial charge in [0.15, 0.2) is 0 Å². The number of ether oxygens (including phenoxy) is 1. The third kappa shape index (κ3) is 3.24. The third-order valence-electron chi connectivity index (χ3n) is 4.69. The number of benzene rings is 1. The summed E-state index contributed by atoms with van der Waals surface area (Å²) in [5, 5.41) is 0. The van der Waals surface area contributed by atoms with Gasteiger partial charge in [-0.3, -0.25) is 9.59 Å². The molecule has 0 spiro atoms. The van der Waals surface area contributed by atoms with E-state index in [-0.39, 0.29) is 18.3 Å². The third-order valence-corrected chi connectivity index (χ3v) is 4.69. The molecule has 0 aliphatic carbocycles. The molecule has 0 saturated carbocycles. The molecule has 5 nitrogen and oxygen atoms in total. The fourth-order valence-electron chi connectivity index (χ4n) is 3.42. The second-order valence-corrected chi connectivity index (χ2v) is 6.50. The van der Waals surface area contributed by atoms with Gasteiger partial charge in [-0.2, -0.15) is 0 Å². The average Bonchev–Trinajstić information content (AvgIpc) is 2.83. The number of esters is 1. The molecule has 1 atom stereocenters. The van der Waals surface area contributed by atoms with Crippen LogP contribution >= 0.6 is 0 Å². The molecule has 126 valence electrons. The molecule has 1 fully saturated rings. The summed E-state index contributed by atoms with van der Waals surface area (Å²) in [6, 6.07) is 5.96. The molecule has 1 saturated heterocycles. The van der Waals surface area contributed by atoms with Crippen LogP contribution in [0.5, 0.6) is 0 Å². The Labute approximate surface area is 138 Å². The van der Waals surface area contributed by atoms with Crippen LogP contribution in [-0.2, 0) is 14.3 Å². The summed E-state index contributed by atoms with van der Waals surface area (Å²) in [4.78, 5) is 28.9. The minimum Gasteiger partial charge on any atom is -0.468 e. The minimum atomic E-state index is -0.800. The Morgan fingerprint density at radius 1 is 1.35 bits per heavy atom. The number of hydrogen-bond acceptors (Lipinski definition) is 4. The Morgan fingerprint density at radius 3 is 2.48 bits per heavy atom. The Kier molecular flexibility index (Phi) is 5.09. The van der Waals surface area contributed by atoms with Crippen LogP contribution in [0, 0.1) is 19.3 Å². The SMILES string of the molecule is CCN(C)CC1(C(=O)OC)CC(=O)N(c2c(C)cccc2C)C1. The topological polar surface area (TPSA) is 49.9 Å². The predicted molar refractivity (Wildman–Crippen MR) is 90.5 cm³/mol. The van der Waals surface area contributed by atoms with Gasteiger partial charge in [0.25, 0.3) is 0 Å². The van der Waals surface area contributed by atoms with E-state index in [0.29, 0.717) is 13.1 Å². The number of anilines is 1. The van der Waals surface area contributed by atoms with Gasteiger partial charge in [-0.05, 0) is 38.6 Å². The Morgan fingerprint density at radius 2 is 1.96 bits per heavy atom. The first-order valence-electron chi connectivity index (χ1n) is 7.98. The summed E-state index contributed by atoms with van der Waals surface area (Å²) in [5.74, 6) is -0.322. The van der Waals surface area contributed by atoms with E-state index in [0.717, 1.165) is 23.4 Å². The lowest BCUT2D eigenvalue weighted by Gasteiger charge is -2.30. The van der Waals surface area contributed by atoms with E-state index < -0.39 is 5.41 Å². The number of rotatable bonds is 5. The summed E-state index contributed by atoms with van der Waals surface area (Å²) < 4.78 is 5.03. The zero-order chi connectivity index (χ0) is 17.2. The zero-order valence-corrected chi connectivity index (χ0v) is 14.7. The van der Waals surface area contributed by atoms with E-state index >= 15 is 0 Å². The maximum atomic E-state index is 12.7. The van der Waals surface area contributed by atoms with Crippen molar-refractivity contribution in [3.8, 4) is 0 Å². The fourth-order valence-corrected chi connectivity index (χ4v) is 3.42. The molecular weight excluding hydrogens is 292 g/mol. The first kappa shape index (κ1) is 17.5. The molecular formula is C18H26N2O3. The Hall–Kier alpha value is -1.88. The number of hydrogen-bond donors (Lipinski definition) is 0. The van der Waals surface area contributed by atoms with Crippen LogP contribution < -0.4 is 4.90 Å². The van der Waals surface area contributed by atoms with E-state index in [1.165, 1.54) is 7.11 Å². The molecule has 1 unspecified atom stereocenters. The first-order chi connectivity index (χ1) is 10.8. The highest BCUT2D eigenvalue weighted by Gasteiger charge is 2.51. The molecule has 1 aliphatic rings. The standard InChI is InChI=1S/C18H26N2O3/c1-6-19(4)11-18(17(22)23-5)10-15(21)20(12-18)16-13(2)8-7-9-14(16)3/h7-9H,6,10-12H2,1-5H3. The minimum absolute atomic E-state index is 0.0164. The van der Waals surface area contributed by atoms with Gasteiger partial charge in [-0.1, -0.05) is 25.1 Å². The van der Waals surface area contributed by atoms with Gasteiger partial charge in [0.2, 0.25) is 5.91 Å². The molecule has 23 heavy (non-hydrogen) atoms. The summed E-state index contributed by atoms with van der Waals surface area (Å²) in [6.45, 7) is 7.72. The lowest BCUT2D eigenvalue weighted by molar-refractivity contribution is -0.153. The number of methoxy groups -OCH3 is 1. The van der Waals surface area contributed by atoms with Crippen molar-refractivity contribution in [1.82, 2.24) is 4.90 Å². The quantitative estimate of drug-likeness (QED) is 0.781. The summed E-state index contributed by atoms with van der Waals surface area (Å²) in [6.07, 6.45) is 0.192. The average molecular weight is 318 g/mol. The van der Waals surface area contributed by atoms with Gasteiger partial charge in [-0.15, -0.1) is 0 Å². The highest BCUT2D eigenvalue weighted by molar-refractivity contribution is 6.02. The second kappa shape index (κ2) is 6.71. The van der Waals surface area contributed by atoms with Crippen LogP contribution in [0.1, 0.15) is 24.5 Å². The number of carbonyl (C=O) groups excluding carboxylic acids is 2. The number of amides is 1. The molecule has 0 bridgehead atoms. The van der Waals surface area contributed by atoms with E-state index in [2.05, 4.69) is 4.90 Å². The van der Waals surface area contributed by atoms with Crippen molar-refractivity contribution in [2.24, 2.45) is 5.41 Å². The van der Waals surface area contributed by atoms with Crippen molar-refractivity contribution in [3.63, 3.8) is 0 Å². The van der Waals surface area contributed by atoms with E-state index in [4.69, 9.17) is 4.74 Å². The lowest BCUT2D eigenvalue weighted by atomic mass is 9.86. The molecule has 1 heterocycles.